The van der Waals surface area contributed by atoms with Crippen LogP contribution in [0.4, 0.5) is 0 Å². The van der Waals surface area contributed by atoms with E-state index in [1.165, 1.54) is 16.7 Å². The van der Waals surface area contributed by atoms with Gasteiger partial charge in [-0.05, 0) is 29.8 Å². The fourth-order valence-corrected chi connectivity index (χ4v) is 4.70. The molecule has 2 aliphatic rings. The molecule has 6 nitrogen and oxygen atoms in total. The number of halogens is 1. The fourth-order valence-electron chi connectivity index (χ4n) is 4.70. The summed E-state index contributed by atoms with van der Waals surface area (Å²) in [4.78, 5) is 0. The van der Waals surface area contributed by atoms with Crippen LogP contribution in [-0.4, -0.2) is 39.5 Å². The van der Waals surface area contributed by atoms with E-state index in [2.05, 4.69) is 18.2 Å². The zero-order valence-electron chi connectivity index (χ0n) is 17.1. The van der Waals surface area contributed by atoms with Gasteiger partial charge in [0, 0.05) is 23.1 Å². The van der Waals surface area contributed by atoms with Crippen molar-refractivity contribution >= 4 is 0 Å². The number of methoxy groups -OCH3 is 4. The van der Waals surface area contributed by atoms with Crippen molar-refractivity contribution in [3.05, 3.63) is 46.5 Å². The Labute approximate surface area is 181 Å². The second kappa shape index (κ2) is 8.13. The summed E-state index contributed by atoms with van der Waals surface area (Å²) in [7, 11) is 6.57. The molecule has 1 atom stereocenters. The van der Waals surface area contributed by atoms with Gasteiger partial charge in [-0.25, -0.2) is 0 Å². The number of benzene rings is 2. The van der Waals surface area contributed by atoms with Gasteiger partial charge in [0.1, 0.15) is 19.2 Å². The third-order valence-corrected chi connectivity index (χ3v) is 6.11. The van der Waals surface area contributed by atoms with Gasteiger partial charge in [0.15, 0.2) is 23.0 Å². The maximum Gasteiger partial charge on any atom is 0.203 e. The number of hydrogen-bond donors (Lipinski definition) is 0. The molecule has 0 saturated carbocycles. The summed E-state index contributed by atoms with van der Waals surface area (Å²) >= 11 is 0. The predicted octanol–water partition coefficient (Wildman–Crippen LogP) is 0.376. The van der Waals surface area contributed by atoms with Crippen LogP contribution >= 0.6 is 0 Å². The molecule has 0 bridgehead atoms. The Hall–Kier alpha value is -2.43. The average molecular weight is 461 g/mol. The van der Waals surface area contributed by atoms with Crippen molar-refractivity contribution in [1.82, 2.24) is 0 Å². The summed E-state index contributed by atoms with van der Waals surface area (Å²) in [5.41, 5.74) is 4.65. The number of fused-ring (bicyclic) bond motifs is 2. The van der Waals surface area contributed by atoms with Crippen LogP contribution in [0.1, 0.15) is 28.3 Å². The highest BCUT2D eigenvalue weighted by Crippen LogP contribution is 2.47. The fraction of sp³-hybridized carbons (Fsp3) is 0.409. The molecule has 4 rings (SSSR count). The van der Waals surface area contributed by atoms with Gasteiger partial charge in [-0.1, -0.05) is 0 Å². The first-order chi connectivity index (χ1) is 13.6. The number of nitrogens with zero attached hydrogens (tertiary/aromatic N) is 2. The first kappa shape index (κ1) is 21.3. The standard InChI is InChI=1S/C22H25N2O4.BrH/c1-25-19-7-14-5-6-24(18(11-23)17(14)10-22(19)28-4)12-15-8-20(26-2)21(27-3)9-16(15)13-24;/h7-10,18H,5-6,12-13H2,1-4H3;1H/q+1;/p-1. The maximum absolute atomic E-state index is 10.1. The first-order valence-electron chi connectivity index (χ1n) is 9.33. The molecular formula is C22H25BrN2O4. The maximum atomic E-state index is 10.1. The van der Waals surface area contributed by atoms with Crippen LogP contribution in [0.25, 0.3) is 0 Å². The van der Waals surface area contributed by atoms with Gasteiger partial charge in [-0.15, -0.1) is 0 Å². The van der Waals surface area contributed by atoms with E-state index in [4.69, 9.17) is 18.9 Å². The minimum atomic E-state index is -0.257. The molecule has 0 N–H and O–H groups in total. The van der Waals surface area contributed by atoms with E-state index >= 15 is 0 Å². The minimum absolute atomic E-state index is 0. The summed E-state index contributed by atoms with van der Waals surface area (Å²) in [5, 5.41) is 10.1. The highest BCUT2D eigenvalue weighted by molar-refractivity contribution is 5.51. The Kier molecular flexibility index (Phi) is 5.97. The molecule has 1 unspecified atom stereocenters. The molecular weight excluding hydrogens is 436 g/mol. The normalized spacial score (nSPS) is 18.1. The van der Waals surface area contributed by atoms with Gasteiger partial charge < -0.3 is 35.9 Å². The van der Waals surface area contributed by atoms with E-state index in [-0.39, 0.29) is 23.0 Å². The second-order valence-electron chi connectivity index (χ2n) is 7.42. The van der Waals surface area contributed by atoms with Crippen LogP contribution in [0.15, 0.2) is 24.3 Å². The number of hydrogen-bond acceptors (Lipinski definition) is 5. The SMILES string of the molecule is COc1cc2c(cc1OC)C[N+]1(CCc3cc(OC)c(OC)cc3C1C#N)C2.[Br-]. The topological polar surface area (TPSA) is 60.7 Å². The zero-order valence-corrected chi connectivity index (χ0v) is 18.7. The Morgan fingerprint density at radius 1 is 0.793 bits per heavy atom. The van der Waals surface area contributed by atoms with Crippen LogP contribution < -0.4 is 35.9 Å². The highest BCUT2D eigenvalue weighted by Gasteiger charge is 2.47. The number of rotatable bonds is 4. The molecule has 0 aromatic heterocycles. The monoisotopic (exact) mass is 460 g/mol. The van der Waals surface area contributed by atoms with Crippen LogP contribution in [0.5, 0.6) is 23.0 Å². The lowest BCUT2D eigenvalue weighted by molar-refractivity contribution is -0.970. The van der Waals surface area contributed by atoms with Crippen LogP contribution in [0, 0.1) is 11.3 Å². The van der Waals surface area contributed by atoms with Crippen molar-refractivity contribution in [2.75, 3.05) is 35.0 Å². The molecule has 29 heavy (non-hydrogen) atoms. The number of nitriles is 1. The Morgan fingerprint density at radius 3 is 1.69 bits per heavy atom. The van der Waals surface area contributed by atoms with Gasteiger partial charge in [0.2, 0.25) is 6.04 Å². The number of quaternary nitrogens is 1. The van der Waals surface area contributed by atoms with E-state index in [1.807, 2.05) is 12.1 Å². The van der Waals surface area contributed by atoms with Crippen molar-refractivity contribution in [3.63, 3.8) is 0 Å². The van der Waals surface area contributed by atoms with Gasteiger partial charge in [0.25, 0.3) is 0 Å². The molecule has 0 amide bonds. The van der Waals surface area contributed by atoms with E-state index < -0.39 is 0 Å². The molecule has 2 aromatic carbocycles. The van der Waals surface area contributed by atoms with Gasteiger partial charge in [-0.3, -0.25) is 4.48 Å². The lowest BCUT2D eigenvalue weighted by atomic mass is 9.90. The van der Waals surface area contributed by atoms with Crippen LogP contribution in [0.2, 0.25) is 0 Å². The third-order valence-electron chi connectivity index (χ3n) is 6.11. The molecule has 2 aromatic rings. The van der Waals surface area contributed by atoms with Gasteiger partial charge in [0.05, 0.1) is 35.0 Å². The summed E-state index contributed by atoms with van der Waals surface area (Å²) in [6, 6.07) is 10.4. The highest BCUT2D eigenvalue weighted by atomic mass is 79.9. The van der Waals surface area contributed by atoms with E-state index in [0.29, 0.717) is 16.0 Å². The smallest absolute Gasteiger partial charge is 0.203 e. The van der Waals surface area contributed by atoms with Crippen molar-refractivity contribution < 1.29 is 40.4 Å². The zero-order chi connectivity index (χ0) is 19.9. The molecule has 7 heteroatoms. The van der Waals surface area contributed by atoms with E-state index in [0.717, 1.165) is 43.1 Å². The molecule has 2 heterocycles. The van der Waals surface area contributed by atoms with Crippen LogP contribution in [-0.2, 0) is 19.5 Å². The molecule has 0 radical (unpaired) electrons. The third kappa shape index (κ3) is 3.30. The lowest BCUT2D eigenvalue weighted by Crippen LogP contribution is -3.00. The molecule has 1 spiro atoms. The molecule has 0 fully saturated rings. The van der Waals surface area contributed by atoms with E-state index in [1.54, 1.807) is 28.4 Å². The first-order valence-corrected chi connectivity index (χ1v) is 9.33. The van der Waals surface area contributed by atoms with Gasteiger partial charge in [-0.2, -0.15) is 5.26 Å². The second-order valence-corrected chi connectivity index (χ2v) is 7.42. The van der Waals surface area contributed by atoms with Crippen molar-refractivity contribution in [1.29, 1.82) is 5.26 Å². The molecule has 0 saturated heterocycles. The van der Waals surface area contributed by atoms with Crippen molar-refractivity contribution in [2.45, 2.75) is 25.6 Å². The predicted molar refractivity (Wildman–Crippen MR) is 104 cm³/mol. The Bertz CT molecular complexity index is 937. The number of ether oxygens (including phenoxy) is 4. The summed E-state index contributed by atoms with van der Waals surface area (Å²) in [6.45, 7) is 2.52. The quantitative estimate of drug-likeness (QED) is 0.617. The molecule has 2 aliphatic heterocycles. The Balaban J connectivity index is 0.00000240. The minimum Gasteiger partial charge on any atom is -1.00 e. The summed E-state index contributed by atoms with van der Waals surface area (Å²) in [5.74, 6) is 2.85. The Morgan fingerprint density at radius 2 is 1.24 bits per heavy atom. The summed E-state index contributed by atoms with van der Waals surface area (Å²) < 4.78 is 22.6. The average Bonchev–Trinajstić information content (AvgIpc) is 3.08. The van der Waals surface area contributed by atoms with E-state index in [9.17, 15) is 5.26 Å². The largest absolute Gasteiger partial charge is 1.00 e. The molecule has 0 aliphatic carbocycles. The lowest BCUT2D eigenvalue weighted by Gasteiger charge is -2.42. The summed E-state index contributed by atoms with van der Waals surface area (Å²) in [6.07, 6.45) is 0.899. The van der Waals surface area contributed by atoms with Gasteiger partial charge >= 0.3 is 0 Å². The van der Waals surface area contributed by atoms with Crippen molar-refractivity contribution in [3.8, 4) is 29.1 Å². The molecule has 154 valence electrons. The van der Waals surface area contributed by atoms with Crippen LogP contribution in [0.3, 0.4) is 0 Å². The van der Waals surface area contributed by atoms with Crippen molar-refractivity contribution in [2.24, 2.45) is 0 Å².